The Kier molecular flexibility index (Phi) is 5.13. The molecule has 3 amide bonds. The molecule has 2 atom stereocenters. The molecule has 2 heterocycles. The van der Waals surface area contributed by atoms with Crippen LogP contribution < -0.4 is 5.32 Å². The number of hydrogen-bond acceptors (Lipinski definition) is 5. The number of aryl methyl sites for hydroxylation is 1. The van der Waals surface area contributed by atoms with E-state index in [2.05, 4.69) is 34.6 Å². The van der Waals surface area contributed by atoms with Gasteiger partial charge in [0, 0.05) is 19.3 Å². The molecular weight excluding hydrogens is 336 g/mol. The molecule has 6 nitrogen and oxygen atoms in total. The highest BCUT2D eigenvalue weighted by atomic mass is 32.2. The summed E-state index contributed by atoms with van der Waals surface area (Å²) in [7, 11) is 1.67. The van der Waals surface area contributed by atoms with Crippen LogP contribution in [0, 0.1) is 6.92 Å². The lowest BCUT2D eigenvalue weighted by atomic mass is 10.1. The molecule has 0 aromatic heterocycles. The molecule has 3 rings (SSSR count). The first-order valence-electron chi connectivity index (χ1n) is 8.23. The van der Waals surface area contributed by atoms with Gasteiger partial charge < -0.3 is 9.80 Å². The van der Waals surface area contributed by atoms with Crippen molar-refractivity contribution < 1.29 is 9.59 Å². The summed E-state index contributed by atoms with van der Waals surface area (Å²) in [6, 6.07) is 7.35. The van der Waals surface area contributed by atoms with E-state index in [0.717, 1.165) is 16.5 Å². The molecule has 1 saturated heterocycles. The predicted octanol–water partition coefficient (Wildman–Crippen LogP) is 2.35. The topological polar surface area (TPSA) is 65.0 Å². The number of allylic oxidation sites excluding steroid dienone is 1. The highest BCUT2D eigenvalue weighted by molar-refractivity contribution is 8.13. The van der Waals surface area contributed by atoms with E-state index >= 15 is 0 Å². The van der Waals surface area contributed by atoms with E-state index in [0.29, 0.717) is 6.54 Å². The van der Waals surface area contributed by atoms with Crippen molar-refractivity contribution in [3.63, 3.8) is 0 Å². The maximum absolute atomic E-state index is 12.5. The van der Waals surface area contributed by atoms with Crippen LogP contribution in [0.3, 0.4) is 0 Å². The van der Waals surface area contributed by atoms with Crippen LogP contribution in [0.1, 0.15) is 18.1 Å². The van der Waals surface area contributed by atoms with Gasteiger partial charge in [-0.1, -0.05) is 53.7 Å². The average Bonchev–Trinajstić information content (AvgIpc) is 2.94. The first kappa shape index (κ1) is 17.5. The molecule has 0 bridgehead atoms. The maximum atomic E-state index is 12.5. The summed E-state index contributed by atoms with van der Waals surface area (Å²) in [5.41, 5.74) is 2.30. The average molecular weight is 358 g/mol. The number of fused-ring (bicyclic) bond motifs is 1. The molecule has 0 spiro atoms. The number of amidine groups is 1. The largest absolute Gasteiger partial charge is 0.331 e. The minimum absolute atomic E-state index is 0.286. The van der Waals surface area contributed by atoms with E-state index in [-0.39, 0.29) is 5.91 Å². The fraction of sp³-hybridized carbons (Fsp3) is 0.389. The van der Waals surface area contributed by atoms with Crippen molar-refractivity contribution in [2.75, 3.05) is 12.8 Å². The summed E-state index contributed by atoms with van der Waals surface area (Å²) < 4.78 is 0. The Hall–Kier alpha value is -2.28. The van der Waals surface area contributed by atoms with Gasteiger partial charge in [-0.25, -0.2) is 9.79 Å². The Bertz CT molecular complexity index is 729. The van der Waals surface area contributed by atoms with Gasteiger partial charge in [-0.05, 0) is 19.4 Å². The Labute approximate surface area is 152 Å². The predicted molar refractivity (Wildman–Crippen MR) is 100 cm³/mol. The van der Waals surface area contributed by atoms with Crippen molar-refractivity contribution in [1.82, 2.24) is 15.1 Å². The summed E-state index contributed by atoms with van der Waals surface area (Å²) in [5.74, 6) is 0.490. The molecule has 2 unspecified atom stereocenters. The number of benzene rings is 1. The first-order valence-corrected chi connectivity index (χ1v) is 9.21. The van der Waals surface area contributed by atoms with Crippen molar-refractivity contribution in [3.05, 3.63) is 47.5 Å². The minimum atomic E-state index is -0.489. The standard InChI is InChI=1S/C18H22N4O2S/c1-4-5-10-25-18-19-15-14(16(23)20-17(24)21(15)3)22(18)11-13-8-6-12(2)7-9-13/h4-9,14-15H,10-11H2,1-3H3,(H,20,23,24)/b5-4+. The number of carbonyl (C=O) groups excluding carboxylic acids is 2. The summed E-state index contributed by atoms with van der Waals surface area (Å²) in [4.78, 5) is 32.5. The summed E-state index contributed by atoms with van der Waals surface area (Å²) in [5, 5.41) is 3.22. The van der Waals surface area contributed by atoms with Crippen molar-refractivity contribution in [3.8, 4) is 0 Å². The van der Waals surface area contributed by atoms with Crippen LogP contribution in [0.15, 0.2) is 41.4 Å². The van der Waals surface area contributed by atoms with Crippen LogP contribution in [0.2, 0.25) is 0 Å². The SMILES string of the molecule is C/C=C/CSC1=NC2C(C(=O)NC(=O)N2C)N1Cc1ccc(C)cc1. The third-order valence-corrected chi connectivity index (χ3v) is 5.30. The quantitative estimate of drug-likeness (QED) is 0.839. The number of hydrogen-bond donors (Lipinski definition) is 1. The van der Waals surface area contributed by atoms with E-state index in [9.17, 15) is 9.59 Å². The molecule has 1 aromatic carbocycles. The number of rotatable bonds is 4. The van der Waals surface area contributed by atoms with Crippen LogP contribution in [0.5, 0.6) is 0 Å². The number of aliphatic imine (C=N–C) groups is 1. The molecule has 1 N–H and O–H groups in total. The smallest absolute Gasteiger partial charge is 0.325 e. The second-order valence-corrected chi connectivity index (χ2v) is 7.16. The summed E-state index contributed by atoms with van der Waals surface area (Å²) >= 11 is 1.58. The lowest BCUT2D eigenvalue weighted by Gasteiger charge is -2.36. The number of thioether (sulfide) groups is 1. The van der Waals surface area contributed by atoms with Crippen LogP contribution in [0.25, 0.3) is 0 Å². The van der Waals surface area contributed by atoms with Crippen LogP contribution in [0.4, 0.5) is 4.79 Å². The zero-order chi connectivity index (χ0) is 18.0. The highest BCUT2D eigenvalue weighted by Gasteiger charge is 2.48. The Morgan fingerprint density at radius 1 is 1.28 bits per heavy atom. The van der Waals surface area contributed by atoms with Crippen molar-refractivity contribution in [1.29, 1.82) is 0 Å². The minimum Gasteiger partial charge on any atom is -0.331 e. The van der Waals surface area contributed by atoms with Gasteiger partial charge in [0.05, 0.1) is 0 Å². The van der Waals surface area contributed by atoms with Gasteiger partial charge in [0.15, 0.2) is 17.4 Å². The third-order valence-electron chi connectivity index (χ3n) is 4.34. The van der Waals surface area contributed by atoms with E-state index in [4.69, 9.17) is 0 Å². The van der Waals surface area contributed by atoms with Crippen LogP contribution >= 0.6 is 11.8 Å². The molecule has 2 aliphatic heterocycles. The van der Waals surface area contributed by atoms with Crippen LogP contribution in [-0.4, -0.2) is 51.9 Å². The number of nitrogens with one attached hydrogen (secondary N) is 1. The van der Waals surface area contributed by atoms with Crippen LogP contribution in [-0.2, 0) is 11.3 Å². The van der Waals surface area contributed by atoms with E-state index < -0.39 is 18.2 Å². The third kappa shape index (κ3) is 3.56. The fourth-order valence-corrected chi connectivity index (χ4v) is 3.86. The van der Waals surface area contributed by atoms with E-state index in [1.54, 1.807) is 18.8 Å². The van der Waals surface area contributed by atoms with Gasteiger partial charge in [-0.15, -0.1) is 0 Å². The second-order valence-electron chi connectivity index (χ2n) is 6.17. The molecule has 0 saturated carbocycles. The molecular formula is C18H22N4O2S. The van der Waals surface area contributed by atoms with Gasteiger partial charge in [0.1, 0.15) is 0 Å². The number of amides is 3. The Morgan fingerprint density at radius 2 is 2.00 bits per heavy atom. The lowest BCUT2D eigenvalue weighted by Crippen LogP contribution is -2.63. The summed E-state index contributed by atoms with van der Waals surface area (Å²) in [6.45, 7) is 4.60. The molecule has 1 fully saturated rings. The molecule has 25 heavy (non-hydrogen) atoms. The monoisotopic (exact) mass is 358 g/mol. The maximum Gasteiger partial charge on any atom is 0.325 e. The highest BCUT2D eigenvalue weighted by Crippen LogP contribution is 2.30. The zero-order valence-corrected chi connectivity index (χ0v) is 15.4. The normalized spacial score (nSPS) is 23.1. The summed E-state index contributed by atoms with van der Waals surface area (Å²) in [6.07, 6.45) is 3.57. The second kappa shape index (κ2) is 7.31. The van der Waals surface area contributed by atoms with Gasteiger partial charge in [-0.2, -0.15) is 0 Å². The zero-order valence-electron chi connectivity index (χ0n) is 14.6. The number of likely N-dealkylation sites (N-methyl/N-ethyl adjacent to an activating group) is 1. The van der Waals surface area contributed by atoms with E-state index in [1.807, 2.05) is 30.9 Å². The molecule has 2 aliphatic rings. The van der Waals surface area contributed by atoms with Crippen molar-refractivity contribution in [2.24, 2.45) is 4.99 Å². The molecule has 1 aromatic rings. The van der Waals surface area contributed by atoms with Gasteiger partial charge >= 0.3 is 6.03 Å². The lowest BCUT2D eigenvalue weighted by molar-refractivity contribution is -0.127. The number of nitrogens with zero attached hydrogens (tertiary/aromatic N) is 3. The van der Waals surface area contributed by atoms with Crippen molar-refractivity contribution in [2.45, 2.75) is 32.6 Å². The van der Waals surface area contributed by atoms with E-state index in [1.165, 1.54) is 10.5 Å². The Balaban J connectivity index is 1.87. The first-order chi connectivity index (χ1) is 12.0. The fourth-order valence-electron chi connectivity index (χ4n) is 2.90. The molecule has 7 heteroatoms. The van der Waals surface area contributed by atoms with Gasteiger partial charge in [0.25, 0.3) is 5.91 Å². The number of imide groups is 1. The Morgan fingerprint density at radius 3 is 2.68 bits per heavy atom. The van der Waals surface area contributed by atoms with Crippen molar-refractivity contribution >= 4 is 28.9 Å². The number of urea groups is 1. The molecule has 0 aliphatic carbocycles. The molecule has 132 valence electrons. The van der Waals surface area contributed by atoms with Gasteiger partial charge in [0.2, 0.25) is 0 Å². The number of carbonyl (C=O) groups is 2. The van der Waals surface area contributed by atoms with Gasteiger partial charge in [-0.3, -0.25) is 10.1 Å². The molecule has 0 radical (unpaired) electrons.